The summed E-state index contributed by atoms with van der Waals surface area (Å²) in [6.45, 7) is 0. The highest BCUT2D eigenvalue weighted by Crippen LogP contribution is 2.42. The van der Waals surface area contributed by atoms with Crippen LogP contribution in [-0.4, -0.2) is 15.0 Å². The molecule has 8 aromatic carbocycles. The average molecular weight is 717 g/mol. The van der Waals surface area contributed by atoms with Gasteiger partial charge in [0.05, 0.1) is 12.3 Å². The van der Waals surface area contributed by atoms with Gasteiger partial charge in [0.25, 0.3) is 0 Å². The minimum Gasteiger partial charge on any atom is -0.455 e. The number of rotatable bonds is 5. The number of para-hydroxylation sites is 1. The Bertz CT molecular complexity index is 3730. The van der Waals surface area contributed by atoms with Crippen LogP contribution in [0.4, 0.5) is 0 Å². The molecule has 0 fully saturated rings. The third-order valence-electron chi connectivity index (χ3n) is 9.69. The van der Waals surface area contributed by atoms with Gasteiger partial charge in [0.2, 0.25) is 0 Å². The quantitative estimate of drug-likeness (QED) is 0.178. The van der Waals surface area contributed by atoms with Crippen LogP contribution in [0.5, 0.6) is 0 Å². The number of nitrogens with zero attached hydrogens (tertiary/aromatic N) is 3. The summed E-state index contributed by atoms with van der Waals surface area (Å²) >= 11 is 1.71. The molecular weight excluding hydrogens is 679 g/mol. The van der Waals surface area contributed by atoms with E-state index >= 15 is 0 Å². The second-order valence-electron chi connectivity index (χ2n) is 12.9. The standard InChI is InChI=1S/C49H29N3OS/c1-3-12-30(13-4-1)35-19-11-21-43-45(35)39-27-26-34(28-44(39)54-43)49-51-47(32-14-5-2-6-15-32)50-48(52-49)33-24-22-31(23-25-33)40-29-41-37-17-9-10-20-42(37)53-46(41)38-18-8-7-16-36(38)40/h1-29H/i7D,8D,9D,10D,16D,17D,18D,20D,29D. The van der Waals surface area contributed by atoms with Gasteiger partial charge in [0, 0.05) is 53.0 Å². The molecule has 54 heavy (non-hydrogen) atoms. The van der Waals surface area contributed by atoms with Gasteiger partial charge in [-0.3, -0.25) is 0 Å². The molecule has 11 aromatic rings. The Morgan fingerprint density at radius 3 is 1.80 bits per heavy atom. The SMILES string of the molecule is [2H]c1c([2H])c([2H])c2c(oc3c4c([2H])c([2H])c([2H])c([2H])c4c(-c4ccc(-c5nc(-c6ccccc6)nc(-c6ccc7c(c6)sc6cccc(-c8ccccc8)c67)n5)cc4)c([2H])c32)c1[2H]. The number of fused-ring (bicyclic) bond motifs is 8. The van der Waals surface area contributed by atoms with Crippen LogP contribution >= 0.6 is 11.3 Å². The molecule has 0 aliphatic heterocycles. The summed E-state index contributed by atoms with van der Waals surface area (Å²) in [5.41, 5.74) is 4.82. The van der Waals surface area contributed by atoms with Gasteiger partial charge >= 0.3 is 0 Å². The van der Waals surface area contributed by atoms with Gasteiger partial charge < -0.3 is 4.42 Å². The van der Waals surface area contributed by atoms with Crippen molar-refractivity contribution in [1.29, 1.82) is 0 Å². The summed E-state index contributed by atoms with van der Waals surface area (Å²) in [6, 6.07) is 35.7. The van der Waals surface area contributed by atoms with Gasteiger partial charge in [-0.2, -0.15) is 0 Å². The van der Waals surface area contributed by atoms with Crippen LogP contribution in [0.15, 0.2) is 180 Å². The molecule has 0 saturated carbocycles. The molecule has 0 unspecified atom stereocenters. The van der Waals surface area contributed by atoms with Crippen molar-refractivity contribution in [2.45, 2.75) is 0 Å². The van der Waals surface area contributed by atoms with Crippen molar-refractivity contribution in [3.63, 3.8) is 0 Å². The average Bonchev–Trinajstić information content (AvgIpc) is 3.91. The molecule has 4 nitrogen and oxygen atoms in total. The van der Waals surface area contributed by atoms with Crippen molar-refractivity contribution in [2.75, 3.05) is 0 Å². The molecule has 0 bridgehead atoms. The number of furan rings is 1. The van der Waals surface area contributed by atoms with E-state index in [1.54, 1.807) is 35.6 Å². The van der Waals surface area contributed by atoms with Crippen LogP contribution in [0, 0.1) is 0 Å². The van der Waals surface area contributed by atoms with Crippen LogP contribution in [0.2, 0.25) is 0 Å². The zero-order valence-electron chi connectivity index (χ0n) is 37.2. The Labute approximate surface area is 327 Å². The zero-order valence-corrected chi connectivity index (χ0v) is 29.0. The van der Waals surface area contributed by atoms with E-state index in [1.807, 2.05) is 54.6 Å². The summed E-state index contributed by atoms with van der Waals surface area (Å²) in [7, 11) is 0. The summed E-state index contributed by atoms with van der Waals surface area (Å²) in [6.07, 6.45) is 0. The van der Waals surface area contributed by atoms with Crippen LogP contribution in [0.25, 0.3) is 109 Å². The van der Waals surface area contributed by atoms with Gasteiger partial charge in [-0.25, -0.2) is 15.0 Å². The molecule has 3 heterocycles. The highest BCUT2D eigenvalue weighted by Gasteiger charge is 2.18. The number of aromatic nitrogens is 3. The van der Waals surface area contributed by atoms with E-state index in [2.05, 4.69) is 42.5 Å². The largest absolute Gasteiger partial charge is 0.455 e. The molecule has 3 aromatic heterocycles. The van der Waals surface area contributed by atoms with Crippen molar-refractivity contribution in [3.05, 3.63) is 176 Å². The molecule has 0 spiro atoms. The van der Waals surface area contributed by atoms with Crippen molar-refractivity contribution in [1.82, 2.24) is 15.0 Å². The number of hydrogen-bond donors (Lipinski definition) is 0. The molecule has 0 saturated heterocycles. The van der Waals surface area contributed by atoms with Gasteiger partial charge in [0.1, 0.15) is 11.2 Å². The molecule has 0 atom stereocenters. The topological polar surface area (TPSA) is 51.8 Å². The van der Waals surface area contributed by atoms with Crippen molar-refractivity contribution < 1.29 is 16.8 Å². The van der Waals surface area contributed by atoms with Crippen molar-refractivity contribution in [3.8, 4) is 56.4 Å². The van der Waals surface area contributed by atoms with Gasteiger partial charge in [-0.05, 0) is 51.9 Å². The monoisotopic (exact) mass is 716 g/mol. The molecule has 0 radical (unpaired) electrons. The number of hydrogen-bond acceptors (Lipinski definition) is 5. The lowest BCUT2D eigenvalue weighted by Crippen LogP contribution is -2.00. The zero-order chi connectivity index (χ0) is 43.4. The fourth-order valence-corrected chi connectivity index (χ4v) is 8.32. The first kappa shape index (κ1) is 22.9. The second-order valence-corrected chi connectivity index (χ2v) is 14.0. The number of benzene rings is 8. The molecule has 0 amide bonds. The van der Waals surface area contributed by atoms with E-state index in [4.69, 9.17) is 30.3 Å². The molecule has 0 aliphatic rings. The molecule has 0 N–H and O–H groups in total. The Kier molecular flexibility index (Phi) is 5.22. The van der Waals surface area contributed by atoms with Crippen LogP contribution in [0.1, 0.15) is 12.3 Å². The van der Waals surface area contributed by atoms with E-state index in [-0.39, 0.29) is 50.4 Å². The molecular formula is C49H29N3OS. The highest BCUT2D eigenvalue weighted by molar-refractivity contribution is 7.26. The Morgan fingerprint density at radius 1 is 0.444 bits per heavy atom. The summed E-state index contributed by atoms with van der Waals surface area (Å²) in [4.78, 5) is 14.9. The first-order valence-corrected chi connectivity index (χ1v) is 18.1. The molecule has 252 valence electrons. The molecule has 0 aliphatic carbocycles. The van der Waals surface area contributed by atoms with Crippen molar-refractivity contribution >= 4 is 64.2 Å². The predicted octanol–water partition coefficient (Wildman–Crippen LogP) is 13.6. The molecule has 5 heteroatoms. The Morgan fingerprint density at radius 2 is 1.04 bits per heavy atom. The third-order valence-corrected chi connectivity index (χ3v) is 10.8. The lowest BCUT2D eigenvalue weighted by atomic mass is 9.95. The first-order valence-electron chi connectivity index (χ1n) is 21.8. The lowest BCUT2D eigenvalue weighted by Gasteiger charge is -2.11. The summed E-state index contributed by atoms with van der Waals surface area (Å²) in [5.74, 6) is 1.33. The number of thiophene rings is 1. The second kappa shape index (κ2) is 12.3. The first-order chi connectivity index (χ1) is 30.5. The summed E-state index contributed by atoms with van der Waals surface area (Å²) in [5, 5.41) is 2.32. The van der Waals surface area contributed by atoms with Crippen LogP contribution in [-0.2, 0) is 0 Å². The Hall–Kier alpha value is -6.95. The summed E-state index contributed by atoms with van der Waals surface area (Å²) < 4.78 is 86.8. The van der Waals surface area contributed by atoms with E-state index in [0.29, 0.717) is 28.6 Å². The highest BCUT2D eigenvalue weighted by atomic mass is 32.1. The van der Waals surface area contributed by atoms with E-state index in [9.17, 15) is 1.37 Å². The van der Waals surface area contributed by atoms with Crippen LogP contribution < -0.4 is 0 Å². The van der Waals surface area contributed by atoms with E-state index in [1.165, 1.54) is 15.6 Å². The maximum atomic E-state index is 9.56. The van der Waals surface area contributed by atoms with E-state index in [0.717, 1.165) is 26.8 Å². The third kappa shape index (κ3) is 5.01. The molecule has 11 rings (SSSR count). The minimum atomic E-state index is -0.518. The van der Waals surface area contributed by atoms with Gasteiger partial charge in [0.15, 0.2) is 17.5 Å². The smallest absolute Gasteiger partial charge is 0.164 e. The minimum absolute atomic E-state index is 0.0233. The normalized spacial score (nSPS) is 14.0. The van der Waals surface area contributed by atoms with Crippen LogP contribution in [0.3, 0.4) is 0 Å². The van der Waals surface area contributed by atoms with Gasteiger partial charge in [-0.15, -0.1) is 11.3 Å². The van der Waals surface area contributed by atoms with E-state index < -0.39 is 42.3 Å². The maximum Gasteiger partial charge on any atom is 0.164 e. The fraction of sp³-hybridized carbons (Fsp3) is 0. The van der Waals surface area contributed by atoms with Gasteiger partial charge in [-0.1, -0.05) is 151 Å². The predicted molar refractivity (Wildman–Crippen MR) is 225 cm³/mol. The fourth-order valence-electron chi connectivity index (χ4n) is 7.15. The Balaban J connectivity index is 1.09. The maximum absolute atomic E-state index is 9.56. The lowest BCUT2D eigenvalue weighted by molar-refractivity contribution is 0.672. The van der Waals surface area contributed by atoms with Crippen molar-refractivity contribution in [2.24, 2.45) is 0 Å².